The molecule has 4 nitrogen and oxygen atoms in total. The Hall–Kier alpha value is -1.36. The molecule has 1 aliphatic rings. The lowest BCUT2D eigenvalue weighted by molar-refractivity contribution is 0.0342. The van der Waals surface area contributed by atoms with Gasteiger partial charge in [-0.1, -0.05) is 28.9 Å². The van der Waals surface area contributed by atoms with E-state index in [0.29, 0.717) is 0 Å². The summed E-state index contributed by atoms with van der Waals surface area (Å²) in [6.45, 7) is 4.32. The van der Waals surface area contributed by atoms with Gasteiger partial charge in [0.1, 0.15) is 12.0 Å². The van der Waals surface area contributed by atoms with Gasteiger partial charge >= 0.3 is 0 Å². The fraction of sp³-hybridized carbons (Fsp3) is 0.357. The zero-order valence-electron chi connectivity index (χ0n) is 10.5. The summed E-state index contributed by atoms with van der Waals surface area (Å²) in [7, 11) is 0. The minimum Gasteiger partial charge on any atom is -0.379 e. The third-order valence-electron chi connectivity index (χ3n) is 3.26. The highest BCUT2D eigenvalue weighted by Crippen LogP contribution is 2.25. The van der Waals surface area contributed by atoms with Crippen LogP contribution in [0.5, 0.6) is 0 Å². The topological polar surface area (TPSA) is 38.5 Å². The maximum absolute atomic E-state index is 5.90. The zero-order chi connectivity index (χ0) is 13.1. The Morgan fingerprint density at radius 3 is 2.63 bits per heavy atom. The summed E-state index contributed by atoms with van der Waals surface area (Å²) in [6, 6.07) is 7.65. The van der Waals surface area contributed by atoms with Crippen molar-refractivity contribution in [1.82, 2.24) is 10.1 Å². The van der Waals surface area contributed by atoms with Crippen LogP contribution in [0.3, 0.4) is 0 Å². The highest BCUT2D eigenvalue weighted by Gasteiger charge is 2.16. The second kappa shape index (κ2) is 5.74. The van der Waals surface area contributed by atoms with Crippen LogP contribution in [0.1, 0.15) is 5.56 Å². The molecule has 0 bridgehead atoms. The highest BCUT2D eigenvalue weighted by molar-refractivity contribution is 6.30. The Kier molecular flexibility index (Phi) is 3.82. The Balaban J connectivity index is 1.79. The second-order valence-corrected chi connectivity index (χ2v) is 5.02. The zero-order valence-corrected chi connectivity index (χ0v) is 11.3. The van der Waals surface area contributed by atoms with Crippen molar-refractivity contribution in [3.05, 3.63) is 41.1 Å². The number of hydrogen-bond acceptors (Lipinski definition) is 4. The summed E-state index contributed by atoms with van der Waals surface area (Å²) in [5.41, 5.74) is 3.02. The van der Waals surface area contributed by atoms with Crippen molar-refractivity contribution in [2.75, 3.05) is 26.3 Å². The molecule has 1 saturated heterocycles. The number of nitrogens with zero attached hydrogens (tertiary/aromatic N) is 2. The van der Waals surface area contributed by atoms with Crippen LogP contribution in [-0.2, 0) is 11.3 Å². The first kappa shape index (κ1) is 12.7. The average molecular weight is 279 g/mol. The standard InChI is InChI=1S/C14H15ClN2O2/c15-13-3-1-11(2-4-13)14-12(10-19-16-14)9-17-5-7-18-8-6-17/h1-4,10H,5-9H2. The van der Waals surface area contributed by atoms with Crippen LogP contribution < -0.4 is 0 Å². The van der Waals surface area contributed by atoms with Gasteiger partial charge in [-0.25, -0.2) is 0 Å². The van der Waals surface area contributed by atoms with Crippen LogP contribution in [0, 0.1) is 0 Å². The molecule has 1 aromatic carbocycles. The summed E-state index contributed by atoms with van der Waals surface area (Å²) >= 11 is 5.90. The van der Waals surface area contributed by atoms with E-state index in [0.717, 1.165) is 54.7 Å². The summed E-state index contributed by atoms with van der Waals surface area (Å²) < 4.78 is 10.5. The van der Waals surface area contributed by atoms with E-state index in [-0.39, 0.29) is 0 Å². The lowest BCUT2D eigenvalue weighted by Gasteiger charge is -2.26. The Morgan fingerprint density at radius 2 is 1.89 bits per heavy atom. The SMILES string of the molecule is Clc1ccc(-c2nocc2CN2CCOCC2)cc1. The fourth-order valence-corrected chi connectivity index (χ4v) is 2.34. The number of ether oxygens (including phenoxy) is 1. The molecule has 1 fully saturated rings. The molecular formula is C14H15ClN2O2. The van der Waals surface area contributed by atoms with Crippen LogP contribution >= 0.6 is 11.6 Å². The van der Waals surface area contributed by atoms with E-state index in [1.165, 1.54) is 0 Å². The first-order chi connectivity index (χ1) is 9.33. The molecule has 100 valence electrons. The van der Waals surface area contributed by atoms with Crippen LogP contribution in [0.15, 0.2) is 35.1 Å². The van der Waals surface area contributed by atoms with Gasteiger partial charge in [0, 0.05) is 35.8 Å². The first-order valence-electron chi connectivity index (χ1n) is 6.32. The molecule has 5 heteroatoms. The number of benzene rings is 1. The largest absolute Gasteiger partial charge is 0.379 e. The monoisotopic (exact) mass is 278 g/mol. The molecule has 2 heterocycles. The van der Waals surface area contributed by atoms with E-state index in [4.69, 9.17) is 20.9 Å². The third kappa shape index (κ3) is 2.97. The molecule has 2 aromatic rings. The molecule has 19 heavy (non-hydrogen) atoms. The first-order valence-corrected chi connectivity index (χ1v) is 6.70. The van der Waals surface area contributed by atoms with Crippen molar-refractivity contribution in [1.29, 1.82) is 0 Å². The van der Waals surface area contributed by atoms with E-state index in [1.54, 1.807) is 6.26 Å². The molecule has 0 spiro atoms. The van der Waals surface area contributed by atoms with Gasteiger partial charge in [0.25, 0.3) is 0 Å². The maximum atomic E-state index is 5.90. The molecule has 1 aliphatic heterocycles. The Bertz CT molecular complexity index is 533. The number of hydrogen-bond donors (Lipinski definition) is 0. The summed E-state index contributed by atoms with van der Waals surface area (Å²) in [5, 5.41) is 4.83. The van der Waals surface area contributed by atoms with E-state index in [9.17, 15) is 0 Å². The molecule has 0 N–H and O–H groups in total. The van der Waals surface area contributed by atoms with Gasteiger partial charge in [-0.05, 0) is 12.1 Å². The third-order valence-corrected chi connectivity index (χ3v) is 3.51. The van der Waals surface area contributed by atoms with E-state index in [2.05, 4.69) is 10.1 Å². The van der Waals surface area contributed by atoms with Crippen molar-refractivity contribution in [2.24, 2.45) is 0 Å². The van der Waals surface area contributed by atoms with Crippen molar-refractivity contribution in [3.63, 3.8) is 0 Å². The second-order valence-electron chi connectivity index (χ2n) is 4.58. The number of halogens is 1. The van der Waals surface area contributed by atoms with Gasteiger partial charge < -0.3 is 9.26 Å². The Morgan fingerprint density at radius 1 is 1.16 bits per heavy atom. The predicted octanol–water partition coefficient (Wildman–Crippen LogP) is 2.83. The quantitative estimate of drug-likeness (QED) is 0.865. The van der Waals surface area contributed by atoms with Crippen LogP contribution in [0.25, 0.3) is 11.3 Å². The molecule has 0 saturated carbocycles. The Labute approximate surface area is 116 Å². The van der Waals surface area contributed by atoms with Gasteiger partial charge in [-0.2, -0.15) is 0 Å². The molecule has 0 atom stereocenters. The number of aromatic nitrogens is 1. The molecule has 0 amide bonds. The highest BCUT2D eigenvalue weighted by atomic mass is 35.5. The lowest BCUT2D eigenvalue weighted by atomic mass is 10.1. The van der Waals surface area contributed by atoms with Crippen LogP contribution in [0.4, 0.5) is 0 Å². The van der Waals surface area contributed by atoms with Crippen LogP contribution in [0.2, 0.25) is 5.02 Å². The molecule has 0 aliphatic carbocycles. The predicted molar refractivity (Wildman–Crippen MR) is 73.0 cm³/mol. The van der Waals surface area contributed by atoms with Crippen molar-refractivity contribution in [3.8, 4) is 11.3 Å². The molecular weight excluding hydrogens is 264 g/mol. The smallest absolute Gasteiger partial charge is 0.128 e. The van der Waals surface area contributed by atoms with E-state index >= 15 is 0 Å². The summed E-state index contributed by atoms with van der Waals surface area (Å²) in [4.78, 5) is 2.34. The minimum atomic E-state index is 0.724. The molecule has 3 rings (SSSR count). The van der Waals surface area contributed by atoms with Gasteiger partial charge in [-0.15, -0.1) is 0 Å². The molecule has 0 radical (unpaired) electrons. The number of rotatable bonds is 3. The fourth-order valence-electron chi connectivity index (χ4n) is 2.22. The minimum absolute atomic E-state index is 0.724. The van der Waals surface area contributed by atoms with Crippen molar-refractivity contribution < 1.29 is 9.26 Å². The van der Waals surface area contributed by atoms with Crippen molar-refractivity contribution >= 4 is 11.6 Å². The summed E-state index contributed by atoms with van der Waals surface area (Å²) in [5.74, 6) is 0. The normalized spacial score (nSPS) is 16.7. The van der Waals surface area contributed by atoms with Crippen LogP contribution in [-0.4, -0.2) is 36.4 Å². The van der Waals surface area contributed by atoms with Gasteiger partial charge in [0.2, 0.25) is 0 Å². The van der Waals surface area contributed by atoms with Gasteiger partial charge in [-0.3, -0.25) is 4.90 Å². The van der Waals surface area contributed by atoms with Gasteiger partial charge in [0.15, 0.2) is 0 Å². The van der Waals surface area contributed by atoms with Gasteiger partial charge in [0.05, 0.1) is 13.2 Å². The summed E-state index contributed by atoms with van der Waals surface area (Å²) in [6.07, 6.45) is 1.72. The maximum Gasteiger partial charge on any atom is 0.128 e. The van der Waals surface area contributed by atoms with Crippen molar-refractivity contribution in [2.45, 2.75) is 6.54 Å². The molecule has 0 unspecified atom stereocenters. The lowest BCUT2D eigenvalue weighted by Crippen LogP contribution is -2.35. The number of morpholine rings is 1. The average Bonchev–Trinajstić information content (AvgIpc) is 2.89. The van der Waals surface area contributed by atoms with E-state index < -0.39 is 0 Å². The molecule has 1 aromatic heterocycles. The van der Waals surface area contributed by atoms with E-state index in [1.807, 2.05) is 24.3 Å².